The first-order chi connectivity index (χ1) is 10.8. The zero-order chi connectivity index (χ0) is 17.2. The maximum atomic E-state index is 12.6. The average molecular weight is 340 g/mol. The van der Waals surface area contributed by atoms with Gasteiger partial charge >= 0.3 is 0 Å². The van der Waals surface area contributed by atoms with Gasteiger partial charge in [0.15, 0.2) is 0 Å². The van der Waals surface area contributed by atoms with Crippen molar-refractivity contribution in [3.05, 3.63) is 18.2 Å². The molecular weight excluding hydrogens is 316 g/mol. The second-order valence-electron chi connectivity index (χ2n) is 5.76. The van der Waals surface area contributed by atoms with Crippen molar-refractivity contribution in [3.63, 3.8) is 0 Å². The molecule has 0 heterocycles. The van der Waals surface area contributed by atoms with Crippen molar-refractivity contribution in [3.8, 4) is 5.75 Å². The lowest BCUT2D eigenvalue weighted by Crippen LogP contribution is -2.30. The van der Waals surface area contributed by atoms with E-state index in [1.54, 1.807) is 19.9 Å². The highest BCUT2D eigenvalue weighted by molar-refractivity contribution is 7.89. The molecule has 0 spiro atoms. The molecule has 2 atom stereocenters. The molecule has 2 rings (SSSR count). The van der Waals surface area contributed by atoms with E-state index in [0.717, 1.165) is 6.42 Å². The van der Waals surface area contributed by atoms with Crippen molar-refractivity contribution in [2.45, 2.75) is 32.1 Å². The first kappa shape index (κ1) is 17.7. The molecular formula is C16H24N2O4S. The lowest BCUT2D eigenvalue weighted by molar-refractivity contribution is -0.117. The summed E-state index contributed by atoms with van der Waals surface area (Å²) in [6.45, 7) is 6.39. The van der Waals surface area contributed by atoms with E-state index in [9.17, 15) is 13.2 Å². The summed E-state index contributed by atoms with van der Waals surface area (Å²) in [4.78, 5) is 12.3. The van der Waals surface area contributed by atoms with Crippen molar-refractivity contribution in [1.29, 1.82) is 0 Å². The maximum absolute atomic E-state index is 12.6. The van der Waals surface area contributed by atoms with Crippen LogP contribution in [-0.2, 0) is 14.8 Å². The molecule has 1 aromatic rings. The Morgan fingerprint density at radius 3 is 2.43 bits per heavy atom. The van der Waals surface area contributed by atoms with Crippen molar-refractivity contribution in [1.82, 2.24) is 4.31 Å². The van der Waals surface area contributed by atoms with Gasteiger partial charge in [0.25, 0.3) is 0 Å². The summed E-state index contributed by atoms with van der Waals surface area (Å²) in [7, 11) is -2.08. The molecule has 0 radical (unpaired) electrons. The van der Waals surface area contributed by atoms with Crippen LogP contribution in [0.3, 0.4) is 0 Å². The summed E-state index contributed by atoms with van der Waals surface area (Å²) in [5, 5.41) is 2.79. The number of benzene rings is 1. The molecule has 1 aliphatic rings. The van der Waals surface area contributed by atoms with E-state index < -0.39 is 10.0 Å². The highest BCUT2D eigenvalue weighted by Crippen LogP contribution is 2.39. The molecule has 0 bridgehead atoms. The van der Waals surface area contributed by atoms with Gasteiger partial charge in [0.05, 0.1) is 17.7 Å². The van der Waals surface area contributed by atoms with E-state index in [-0.39, 0.29) is 16.7 Å². The number of anilines is 1. The Bertz CT molecular complexity index is 683. The van der Waals surface area contributed by atoms with Crippen molar-refractivity contribution in [2.75, 3.05) is 25.5 Å². The zero-order valence-electron chi connectivity index (χ0n) is 14.0. The van der Waals surface area contributed by atoms with Gasteiger partial charge in [-0.15, -0.1) is 0 Å². The minimum atomic E-state index is -3.57. The molecule has 23 heavy (non-hydrogen) atoms. The van der Waals surface area contributed by atoms with Crippen LogP contribution in [0.2, 0.25) is 0 Å². The van der Waals surface area contributed by atoms with E-state index in [1.165, 1.54) is 23.5 Å². The summed E-state index contributed by atoms with van der Waals surface area (Å²) in [5.41, 5.74) is 0.393. The molecule has 1 fully saturated rings. The van der Waals surface area contributed by atoms with Gasteiger partial charge in [0.2, 0.25) is 15.9 Å². The van der Waals surface area contributed by atoms with E-state index in [4.69, 9.17) is 4.74 Å². The average Bonchev–Trinajstić information content (AvgIpc) is 3.25. The fourth-order valence-electron chi connectivity index (χ4n) is 2.57. The summed E-state index contributed by atoms with van der Waals surface area (Å²) in [6.07, 6.45) is 0.867. The number of nitrogens with one attached hydrogen (secondary N) is 1. The lowest BCUT2D eigenvalue weighted by Gasteiger charge is -2.19. The Morgan fingerprint density at radius 2 is 1.96 bits per heavy atom. The molecule has 0 aromatic heterocycles. The summed E-state index contributed by atoms with van der Waals surface area (Å²) in [5.74, 6) is 0.740. The fourth-order valence-corrected chi connectivity index (χ4v) is 4.06. The molecule has 1 N–H and O–H groups in total. The molecule has 0 saturated heterocycles. The largest absolute Gasteiger partial charge is 0.495 e. The summed E-state index contributed by atoms with van der Waals surface area (Å²) < 4.78 is 31.8. The third-order valence-corrected chi connectivity index (χ3v) is 6.26. The highest BCUT2D eigenvalue weighted by atomic mass is 32.2. The molecule has 1 saturated carbocycles. The zero-order valence-corrected chi connectivity index (χ0v) is 14.8. The summed E-state index contributed by atoms with van der Waals surface area (Å²) >= 11 is 0. The molecule has 1 aliphatic carbocycles. The quantitative estimate of drug-likeness (QED) is 0.826. The minimum absolute atomic E-state index is 0.00255. The van der Waals surface area contributed by atoms with Gasteiger partial charge in [-0.2, -0.15) is 4.31 Å². The summed E-state index contributed by atoms with van der Waals surface area (Å²) in [6, 6.07) is 4.54. The van der Waals surface area contributed by atoms with E-state index in [1.807, 2.05) is 6.92 Å². The number of sulfonamides is 1. The Hall–Kier alpha value is -1.60. The Morgan fingerprint density at radius 1 is 1.35 bits per heavy atom. The van der Waals surface area contributed by atoms with E-state index >= 15 is 0 Å². The Balaban J connectivity index is 2.33. The topological polar surface area (TPSA) is 75.7 Å². The molecule has 0 aliphatic heterocycles. The van der Waals surface area contributed by atoms with Gasteiger partial charge < -0.3 is 10.1 Å². The van der Waals surface area contributed by atoms with Crippen LogP contribution in [0.25, 0.3) is 0 Å². The number of hydrogen-bond acceptors (Lipinski definition) is 4. The van der Waals surface area contributed by atoms with Gasteiger partial charge in [-0.05, 0) is 30.5 Å². The van der Waals surface area contributed by atoms with Crippen LogP contribution in [0, 0.1) is 11.8 Å². The highest BCUT2D eigenvalue weighted by Gasteiger charge is 2.39. The fraction of sp³-hybridized carbons (Fsp3) is 0.562. The molecule has 128 valence electrons. The van der Waals surface area contributed by atoms with E-state index in [0.29, 0.717) is 30.4 Å². The van der Waals surface area contributed by atoms with Crippen LogP contribution in [0.15, 0.2) is 23.1 Å². The minimum Gasteiger partial charge on any atom is -0.495 e. The predicted octanol–water partition coefficient (Wildman–Crippen LogP) is 2.32. The molecule has 1 aromatic carbocycles. The number of amides is 1. The third kappa shape index (κ3) is 3.67. The number of ether oxygens (including phenoxy) is 1. The number of carbonyl (C=O) groups is 1. The van der Waals surface area contributed by atoms with Crippen LogP contribution in [0.4, 0.5) is 5.69 Å². The molecule has 7 heteroatoms. The van der Waals surface area contributed by atoms with Crippen LogP contribution >= 0.6 is 0 Å². The van der Waals surface area contributed by atoms with Gasteiger partial charge in [-0.1, -0.05) is 20.8 Å². The lowest BCUT2D eigenvalue weighted by atomic mass is 10.2. The van der Waals surface area contributed by atoms with Crippen molar-refractivity contribution < 1.29 is 17.9 Å². The maximum Gasteiger partial charge on any atom is 0.243 e. The smallest absolute Gasteiger partial charge is 0.243 e. The van der Waals surface area contributed by atoms with Crippen LogP contribution in [0.5, 0.6) is 5.75 Å². The number of hydrogen-bond donors (Lipinski definition) is 1. The number of carbonyl (C=O) groups excluding carboxylic acids is 1. The normalized spacial score (nSPS) is 20.4. The first-order valence-electron chi connectivity index (χ1n) is 7.84. The molecule has 0 unspecified atom stereocenters. The van der Waals surface area contributed by atoms with Crippen LogP contribution in [0.1, 0.15) is 27.2 Å². The molecule has 1 amide bonds. The van der Waals surface area contributed by atoms with Crippen molar-refractivity contribution in [2.24, 2.45) is 11.8 Å². The van der Waals surface area contributed by atoms with Gasteiger partial charge in [0.1, 0.15) is 5.75 Å². The van der Waals surface area contributed by atoms with Gasteiger partial charge in [0, 0.05) is 19.0 Å². The molecule has 6 nitrogen and oxygen atoms in total. The first-order valence-corrected chi connectivity index (χ1v) is 9.28. The SMILES string of the molecule is CCN(CC)S(=O)(=O)c1ccc(OC)c(NC(=O)[C@H]2C[C@H]2C)c1. The van der Waals surface area contributed by atoms with Crippen LogP contribution < -0.4 is 10.1 Å². The second-order valence-corrected chi connectivity index (χ2v) is 7.70. The van der Waals surface area contributed by atoms with Gasteiger partial charge in [-0.3, -0.25) is 4.79 Å². The van der Waals surface area contributed by atoms with Crippen molar-refractivity contribution >= 4 is 21.6 Å². The monoisotopic (exact) mass is 340 g/mol. The van der Waals surface area contributed by atoms with Crippen LogP contribution in [-0.4, -0.2) is 38.8 Å². The Kier molecular flexibility index (Phi) is 5.31. The third-order valence-electron chi connectivity index (χ3n) is 4.22. The van der Waals surface area contributed by atoms with E-state index in [2.05, 4.69) is 5.32 Å². The second kappa shape index (κ2) is 6.88. The number of methoxy groups -OCH3 is 1. The Labute approximate surface area is 137 Å². The number of nitrogens with zero attached hydrogens (tertiary/aromatic N) is 1. The predicted molar refractivity (Wildman–Crippen MR) is 89.0 cm³/mol. The van der Waals surface area contributed by atoms with Gasteiger partial charge in [-0.25, -0.2) is 8.42 Å². The number of rotatable bonds is 7. The standard InChI is InChI=1S/C16H24N2O4S/c1-5-18(6-2)23(20,21)12-7-8-15(22-4)14(10-12)17-16(19)13-9-11(13)3/h7-8,10-11,13H,5-6,9H2,1-4H3,(H,17,19)/t11-,13+/m1/s1.